The first kappa shape index (κ1) is 24.8. The van der Waals surface area contributed by atoms with Crippen LogP contribution in [0.1, 0.15) is 67.1 Å². The van der Waals surface area contributed by atoms with Crippen LogP contribution in [0.3, 0.4) is 0 Å². The van der Waals surface area contributed by atoms with Gasteiger partial charge in [0.15, 0.2) is 0 Å². The van der Waals surface area contributed by atoms with Gasteiger partial charge in [0.25, 0.3) is 0 Å². The van der Waals surface area contributed by atoms with Crippen molar-refractivity contribution in [3.8, 4) is 22.5 Å². The van der Waals surface area contributed by atoms with E-state index in [1.54, 1.807) is 0 Å². The van der Waals surface area contributed by atoms with Gasteiger partial charge in [-0.2, -0.15) is 0 Å². The molecule has 2 aromatic carbocycles. The number of hydrogen-bond acceptors (Lipinski definition) is 6. The van der Waals surface area contributed by atoms with Crippen molar-refractivity contribution in [2.45, 2.75) is 76.8 Å². The Morgan fingerprint density at radius 3 is 2.02 bits per heavy atom. The number of hydrogen-bond donors (Lipinski definition) is 0. The lowest BCUT2D eigenvalue weighted by molar-refractivity contribution is 0.470. The third kappa shape index (κ3) is 3.98. The van der Waals surface area contributed by atoms with Crippen LogP contribution in [-0.4, -0.2) is 45.1 Å². The average molecular weight is 555 g/mol. The molecule has 2 saturated heterocycles. The molecule has 1 saturated carbocycles. The molecule has 212 valence electrons. The van der Waals surface area contributed by atoms with Gasteiger partial charge in [-0.1, -0.05) is 54.6 Å². The Morgan fingerprint density at radius 2 is 1.36 bits per heavy atom. The first-order valence-electron chi connectivity index (χ1n) is 16.1. The molecule has 6 nitrogen and oxygen atoms in total. The number of benzene rings is 2. The molecule has 2 aliphatic heterocycles. The van der Waals surface area contributed by atoms with Gasteiger partial charge in [-0.3, -0.25) is 0 Å². The van der Waals surface area contributed by atoms with E-state index in [1.165, 1.54) is 64.2 Å². The maximum Gasteiger partial charge on any atom is 0.226 e. The van der Waals surface area contributed by atoms with Crippen molar-refractivity contribution < 1.29 is 0 Å². The van der Waals surface area contributed by atoms with E-state index in [9.17, 15) is 0 Å². The van der Waals surface area contributed by atoms with Crippen LogP contribution in [0.4, 0.5) is 11.9 Å². The van der Waals surface area contributed by atoms with Crippen LogP contribution in [0.15, 0.2) is 54.6 Å². The normalized spacial score (nSPS) is 26.8. The summed E-state index contributed by atoms with van der Waals surface area (Å²) in [6.07, 6.45) is 8.04. The lowest BCUT2D eigenvalue weighted by atomic mass is 9.94. The smallest absolute Gasteiger partial charge is 0.226 e. The lowest BCUT2D eigenvalue weighted by Crippen LogP contribution is -2.46. The third-order valence-corrected chi connectivity index (χ3v) is 10.8. The van der Waals surface area contributed by atoms with Crippen molar-refractivity contribution in [3.05, 3.63) is 82.7 Å². The van der Waals surface area contributed by atoms with Crippen molar-refractivity contribution in [2.75, 3.05) is 22.9 Å². The highest BCUT2D eigenvalue weighted by molar-refractivity contribution is 5.69. The Hall–Kier alpha value is -3.80. The summed E-state index contributed by atoms with van der Waals surface area (Å²) in [6.45, 7) is 6.69. The fraction of sp³-hybridized carbons (Fsp3) is 0.444. The van der Waals surface area contributed by atoms with E-state index >= 15 is 0 Å². The van der Waals surface area contributed by atoms with Crippen LogP contribution in [0.5, 0.6) is 0 Å². The zero-order valence-corrected chi connectivity index (χ0v) is 24.6. The first-order chi connectivity index (χ1) is 20.6. The van der Waals surface area contributed by atoms with Crippen LogP contribution in [0, 0.1) is 11.8 Å². The van der Waals surface area contributed by atoms with Gasteiger partial charge in [0.1, 0.15) is 0 Å². The molecule has 5 atom stereocenters. The molecule has 0 amide bonds. The quantitative estimate of drug-likeness (QED) is 0.274. The van der Waals surface area contributed by atoms with Gasteiger partial charge < -0.3 is 9.80 Å². The van der Waals surface area contributed by atoms with Crippen LogP contribution in [0.25, 0.3) is 22.5 Å². The maximum absolute atomic E-state index is 5.18. The minimum Gasteiger partial charge on any atom is -0.338 e. The van der Waals surface area contributed by atoms with Crippen LogP contribution in [-0.2, 0) is 25.7 Å². The summed E-state index contributed by atoms with van der Waals surface area (Å²) in [5.41, 5.74) is 11.5. The van der Waals surface area contributed by atoms with Gasteiger partial charge in [0, 0.05) is 53.3 Å². The Bertz CT molecular complexity index is 1680. The molecule has 0 N–H and O–H groups in total. The highest BCUT2D eigenvalue weighted by atomic mass is 15.3. The van der Waals surface area contributed by atoms with Gasteiger partial charge in [-0.25, -0.2) is 19.9 Å². The van der Waals surface area contributed by atoms with Crippen LogP contribution in [0.2, 0.25) is 0 Å². The van der Waals surface area contributed by atoms with E-state index in [2.05, 4.69) is 78.2 Å². The SMILES string of the molecule is C[C@H]1CCN1c1nc2c(c(-c3ccccc3)n1)C[C@H](Cc1ccc(-c3nc(N4CC[C@@H]4C)nc4c3C[C@H]3C[C@@H]43)cc1)C2. The molecule has 0 spiro atoms. The molecule has 0 bridgehead atoms. The summed E-state index contributed by atoms with van der Waals surface area (Å²) in [4.78, 5) is 25.3. The molecular weight excluding hydrogens is 516 g/mol. The molecule has 3 aliphatic carbocycles. The number of anilines is 2. The number of nitrogens with zero attached hydrogens (tertiary/aromatic N) is 6. The molecule has 3 fully saturated rings. The summed E-state index contributed by atoms with van der Waals surface area (Å²) in [5.74, 6) is 3.88. The van der Waals surface area contributed by atoms with Gasteiger partial charge in [0.05, 0.1) is 22.8 Å². The van der Waals surface area contributed by atoms with E-state index in [4.69, 9.17) is 19.9 Å². The summed E-state index contributed by atoms with van der Waals surface area (Å²) >= 11 is 0. The number of aromatic nitrogens is 4. The van der Waals surface area contributed by atoms with Crippen molar-refractivity contribution in [2.24, 2.45) is 11.8 Å². The maximum atomic E-state index is 5.18. The second kappa shape index (κ2) is 9.35. The van der Waals surface area contributed by atoms with E-state index in [-0.39, 0.29) is 0 Å². The zero-order valence-electron chi connectivity index (χ0n) is 24.6. The van der Waals surface area contributed by atoms with Crippen LogP contribution < -0.4 is 9.80 Å². The minimum absolute atomic E-state index is 0.523. The van der Waals surface area contributed by atoms with Crippen molar-refractivity contribution in [1.82, 2.24) is 19.9 Å². The predicted molar refractivity (Wildman–Crippen MR) is 167 cm³/mol. The molecule has 0 unspecified atom stereocenters. The molecular formula is C36H38N6. The minimum atomic E-state index is 0.523. The average Bonchev–Trinajstić information content (AvgIpc) is 3.50. The fourth-order valence-corrected chi connectivity index (χ4v) is 7.84. The summed E-state index contributed by atoms with van der Waals surface area (Å²) < 4.78 is 0. The Morgan fingerprint density at radius 1 is 0.690 bits per heavy atom. The zero-order chi connectivity index (χ0) is 27.9. The molecule has 4 heterocycles. The second-order valence-electron chi connectivity index (χ2n) is 13.5. The standard InChI is InChI=1S/C36H38N6/c1-21-12-14-41(21)35-37-31-18-24(17-29(31)32(38-35)25-6-4-3-5-7-25)16-23-8-10-26(11-9-23)33-30-20-27-19-28(27)34(30)40-36(39-33)42-15-13-22(42)2/h3-11,21-22,24,27-28H,12-20H2,1-2H3/t21-,22-,24-,27+,28+/m0/s1. The van der Waals surface area contributed by atoms with Crippen LogP contribution >= 0.6 is 0 Å². The van der Waals surface area contributed by atoms with Gasteiger partial charge >= 0.3 is 0 Å². The Labute approximate surface area is 248 Å². The van der Waals surface area contributed by atoms with E-state index in [1.807, 2.05) is 0 Å². The molecule has 9 rings (SSSR count). The van der Waals surface area contributed by atoms with Crippen molar-refractivity contribution in [3.63, 3.8) is 0 Å². The van der Waals surface area contributed by atoms with Crippen molar-refractivity contribution in [1.29, 1.82) is 0 Å². The van der Waals surface area contributed by atoms with Gasteiger partial charge in [-0.05, 0) is 76.2 Å². The summed E-state index contributed by atoms with van der Waals surface area (Å²) in [5, 5.41) is 0. The van der Waals surface area contributed by atoms with Crippen molar-refractivity contribution >= 4 is 11.9 Å². The molecule has 5 aliphatic rings. The second-order valence-corrected chi connectivity index (χ2v) is 13.5. The Kier molecular flexibility index (Phi) is 5.51. The van der Waals surface area contributed by atoms with Gasteiger partial charge in [-0.15, -0.1) is 0 Å². The highest BCUT2D eigenvalue weighted by Gasteiger charge is 2.48. The molecule has 0 radical (unpaired) electrons. The Balaban J connectivity index is 0.983. The molecule has 4 aromatic rings. The first-order valence-corrected chi connectivity index (χ1v) is 16.1. The molecule has 2 aromatic heterocycles. The van der Waals surface area contributed by atoms with E-state index in [0.717, 1.165) is 62.3 Å². The number of fused-ring (bicyclic) bond motifs is 4. The van der Waals surface area contributed by atoms with E-state index in [0.29, 0.717) is 23.9 Å². The number of rotatable bonds is 6. The summed E-state index contributed by atoms with van der Waals surface area (Å²) in [7, 11) is 0. The molecule has 6 heteroatoms. The third-order valence-electron chi connectivity index (χ3n) is 10.8. The largest absolute Gasteiger partial charge is 0.338 e. The lowest BCUT2D eigenvalue weighted by Gasteiger charge is -2.39. The summed E-state index contributed by atoms with van der Waals surface area (Å²) in [6, 6.07) is 21.1. The topological polar surface area (TPSA) is 58.0 Å². The highest BCUT2D eigenvalue weighted by Crippen LogP contribution is 2.57. The predicted octanol–water partition coefficient (Wildman–Crippen LogP) is 6.41. The molecule has 42 heavy (non-hydrogen) atoms. The fourth-order valence-electron chi connectivity index (χ4n) is 7.84. The van der Waals surface area contributed by atoms with Gasteiger partial charge in [0.2, 0.25) is 11.9 Å². The monoisotopic (exact) mass is 554 g/mol. The van der Waals surface area contributed by atoms with E-state index < -0.39 is 0 Å².